The molecule has 0 aliphatic carbocycles. The van der Waals surface area contributed by atoms with Crippen molar-refractivity contribution in [3.8, 4) is 33.9 Å². The van der Waals surface area contributed by atoms with Crippen molar-refractivity contribution < 1.29 is 0 Å². The lowest BCUT2D eigenvalue weighted by molar-refractivity contribution is 0.992. The van der Waals surface area contributed by atoms with Gasteiger partial charge in [0.25, 0.3) is 0 Å². The molecule has 0 aliphatic rings. The molecule has 0 bridgehead atoms. The van der Waals surface area contributed by atoms with Gasteiger partial charge in [-0.25, -0.2) is 15.0 Å². The zero-order chi connectivity index (χ0) is 19.6. The Morgan fingerprint density at radius 3 is 1.76 bits per heavy atom. The highest BCUT2D eigenvalue weighted by molar-refractivity contribution is 5.86. The first-order valence-electron chi connectivity index (χ1n) is 9.64. The van der Waals surface area contributed by atoms with Crippen molar-refractivity contribution in [1.29, 1.82) is 0 Å². The lowest BCUT2D eigenvalue weighted by Gasteiger charge is -2.08. The number of nitrogens with zero attached hydrogens (tertiary/aromatic N) is 3. The Labute approximate surface area is 169 Å². The highest BCUT2D eigenvalue weighted by atomic mass is 15.0. The number of fused-ring (bicyclic) bond motifs is 1. The molecule has 0 saturated carbocycles. The van der Waals surface area contributed by atoms with Crippen molar-refractivity contribution >= 4 is 10.8 Å². The van der Waals surface area contributed by atoms with Gasteiger partial charge in [0, 0.05) is 11.1 Å². The fraction of sp³-hybridized carbons (Fsp3) is 0.0385. The Bertz CT molecular complexity index is 1290. The maximum atomic E-state index is 4.76. The molecule has 0 atom stereocenters. The second-order valence-corrected chi connectivity index (χ2v) is 7.04. The van der Waals surface area contributed by atoms with E-state index in [9.17, 15) is 0 Å². The summed E-state index contributed by atoms with van der Waals surface area (Å²) >= 11 is 0. The monoisotopic (exact) mass is 373 g/mol. The first-order valence-corrected chi connectivity index (χ1v) is 9.64. The lowest BCUT2D eigenvalue weighted by Crippen LogP contribution is -1.99. The molecule has 0 N–H and O–H groups in total. The van der Waals surface area contributed by atoms with Crippen LogP contribution >= 0.6 is 0 Å². The summed E-state index contributed by atoms with van der Waals surface area (Å²) in [6.07, 6.45) is 0. The van der Waals surface area contributed by atoms with Gasteiger partial charge >= 0.3 is 0 Å². The summed E-state index contributed by atoms with van der Waals surface area (Å²) in [5.74, 6) is 2.11. The highest BCUT2D eigenvalue weighted by Gasteiger charge is 2.09. The summed E-state index contributed by atoms with van der Waals surface area (Å²) in [7, 11) is 0. The Morgan fingerprint density at radius 2 is 1.00 bits per heavy atom. The summed E-state index contributed by atoms with van der Waals surface area (Å²) in [5, 5.41) is 2.38. The second-order valence-electron chi connectivity index (χ2n) is 7.04. The average molecular weight is 373 g/mol. The third-order valence-electron chi connectivity index (χ3n) is 5.01. The van der Waals surface area contributed by atoms with Gasteiger partial charge in [0.2, 0.25) is 0 Å². The fourth-order valence-electron chi connectivity index (χ4n) is 3.51. The van der Waals surface area contributed by atoms with E-state index in [1.165, 1.54) is 21.9 Å². The molecular weight excluding hydrogens is 354 g/mol. The molecule has 5 rings (SSSR count). The molecule has 138 valence electrons. The molecule has 5 aromatic rings. The van der Waals surface area contributed by atoms with Crippen LogP contribution in [0.3, 0.4) is 0 Å². The maximum Gasteiger partial charge on any atom is 0.163 e. The number of aromatic nitrogens is 3. The van der Waals surface area contributed by atoms with E-state index in [2.05, 4.69) is 88.8 Å². The van der Waals surface area contributed by atoms with E-state index in [-0.39, 0.29) is 0 Å². The van der Waals surface area contributed by atoms with Crippen LogP contribution in [-0.4, -0.2) is 15.0 Å². The smallest absolute Gasteiger partial charge is 0.163 e. The van der Waals surface area contributed by atoms with E-state index in [0.29, 0.717) is 17.5 Å². The summed E-state index contributed by atoms with van der Waals surface area (Å²) in [5.41, 5.74) is 4.35. The summed E-state index contributed by atoms with van der Waals surface area (Å²) in [6, 6.07) is 33.3. The quantitative estimate of drug-likeness (QED) is 0.371. The summed E-state index contributed by atoms with van der Waals surface area (Å²) in [6.45, 7) is 1.91. The first-order chi connectivity index (χ1) is 14.3. The molecule has 0 saturated heterocycles. The molecular formula is C26H19N3. The van der Waals surface area contributed by atoms with Crippen LogP contribution in [0.25, 0.3) is 44.7 Å². The van der Waals surface area contributed by atoms with Gasteiger partial charge in [-0.1, -0.05) is 91.0 Å². The number of hydrogen-bond donors (Lipinski definition) is 0. The van der Waals surface area contributed by atoms with E-state index in [1.807, 2.05) is 25.1 Å². The molecule has 3 heteroatoms. The van der Waals surface area contributed by atoms with Crippen LogP contribution in [0, 0.1) is 6.92 Å². The Kier molecular flexibility index (Phi) is 4.34. The van der Waals surface area contributed by atoms with Crippen molar-refractivity contribution in [2.45, 2.75) is 6.92 Å². The summed E-state index contributed by atoms with van der Waals surface area (Å²) < 4.78 is 0. The van der Waals surface area contributed by atoms with E-state index in [4.69, 9.17) is 4.98 Å². The molecule has 0 aliphatic heterocycles. The average Bonchev–Trinajstić information content (AvgIpc) is 2.79. The highest BCUT2D eigenvalue weighted by Crippen LogP contribution is 2.26. The molecule has 0 radical (unpaired) electrons. The Morgan fingerprint density at radius 1 is 0.448 bits per heavy atom. The van der Waals surface area contributed by atoms with Crippen molar-refractivity contribution in [3.05, 3.63) is 103 Å². The molecule has 1 aromatic heterocycles. The Hall–Kier alpha value is -3.85. The molecule has 0 amide bonds. The molecule has 0 fully saturated rings. The van der Waals surface area contributed by atoms with Crippen LogP contribution < -0.4 is 0 Å². The standard InChI is InChI=1S/C26H19N3/c1-18-27-25(22-14-11-21(12-15-22)19-7-3-2-4-8-19)29-26(28-18)24-16-13-20-9-5-6-10-23(20)17-24/h2-17H,1H3. The SMILES string of the molecule is Cc1nc(-c2ccc(-c3ccccc3)cc2)nc(-c2ccc3ccccc3c2)n1. The molecule has 0 unspecified atom stereocenters. The number of rotatable bonds is 3. The Balaban J connectivity index is 1.53. The number of hydrogen-bond acceptors (Lipinski definition) is 3. The lowest BCUT2D eigenvalue weighted by atomic mass is 10.0. The predicted octanol–water partition coefficient (Wildman–Crippen LogP) is 6.33. The van der Waals surface area contributed by atoms with Crippen LogP contribution in [0.5, 0.6) is 0 Å². The van der Waals surface area contributed by atoms with Crippen LogP contribution in [0.1, 0.15) is 5.82 Å². The van der Waals surface area contributed by atoms with Crippen LogP contribution in [0.4, 0.5) is 0 Å². The van der Waals surface area contributed by atoms with Gasteiger partial charge in [-0.05, 0) is 34.9 Å². The van der Waals surface area contributed by atoms with E-state index in [1.54, 1.807) is 0 Å². The topological polar surface area (TPSA) is 38.7 Å². The van der Waals surface area contributed by atoms with Gasteiger partial charge < -0.3 is 0 Å². The van der Waals surface area contributed by atoms with Crippen LogP contribution in [-0.2, 0) is 0 Å². The van der Waals surface area contributed by atoms with Crippen molar-refractivity contribution in [2.24, 2.45) is 0 Å². The number of aryl methyl sites for hydroxylation is 1. The third kappa shape index (κ3) is 3.50. The van der Waals surface area contributed by atoms with Crippen LogP contribution in [0.2, 0.25) is 0 Å². The van der Waals surface area contributed by atoms with Gasteiger partial charge in [-0.2, -0.15) is 0 Å². The zero-order valence-electron chi connectivity index (χ0n) is 16.1. The summed E-state index contributed by atoms with van der Waals surface area (Å²) in [4.78, 5) is 13.9. The minimum Gasteiger partial charge on any atom is -0.213 e. The number of benzene rings is 4. The zero-order valence-corrected chi connectivity index (χ0v) is 16.1. The van der Waals surface area contributed by atoms with E-state index in [0.717, 1.165) is 11.1 Å². The van der Waals surface area contributed by atoms with Crippen molar-refractivity contribution in [1.82, 2.24) is 15.0 Å². The molecule has 29 heavy (non-hydrogen) atoms. The predicted molar refractivity (Wildman–Crippen MR) is 118 cm³/mol. The fourth-order valence-corrected chi connectivity index (χ4v) is 3.51. The largest absolute Gasteiger partial charge is 0.213 e. The minimum absolute atomic E-state index is 0.695. The normalized spacial score (nSPS) is 10.9. The first kappa shape index (κ1) is 17.3. The van der Waals surface area contributed by atoms with Gasteiger partial charge in [-0.15, -0.1) is 0 Å². The van der Waals surface area contributed by atoms with Crippen LogP contribution in [0.15, 0.2) is 97.1 Å². The molecule has 4 aromatic carbocycles. The molecule has 1 heterocycles. The van der Waals surface area contributed by atoms with Gasteiger partial charge in [0.1, 0.15) is 5.82 Å². The molecule has 3 nitrogen and oxygen atoms in total. The third-order valence-corrected chi connectivity index (χ3v) is 5.01. The van der Waals surface area contributed by atoms with E-state index >= 15 is 0 Å². The van der Waals surface area contributed by atoms with Gasteiger partial charge in [-0.3, -0.25) is 0 Å². The van der Waals surface area contributed by atoms with Gasteiger partial charge in [0.15, 0.2) is 11.6 Å². The van der Waals surface area contributed by atoms with Crippen molar-refractivity contribution in [3.63, 3.8) is 0 Å². The van der Waals surface area contributed by atoms with Gasteiger partial charge in [0.05, 0.1) is 0 Å². The minimum atomic E-state index is 0.695. The maximum absolute atomic E-state index is 4.76. The van der Waals surface area contributed by atoms with E-state index < -0.39 is 0 Å². The second kappa shape index (κ2) is 7.28. The van der Waals surface area contributed by atoms with Crippen molar-refractivity contribution in [2.75, 3.05) is 0 Å². The molecule has 0 spiro atoms.